The third-order valence-corrected chi connectivity index (χ3v) is 7.27. The second-order valence-electron chi connectivity index (χ2n) is 6.96. The lowest BCUT2D eigenvalue weighted by molar-refractivity contribution is -0.138. The van der Waals surface area contributed by atoms with Crippen LogP contribution in [0, 0.1) is 0 Å². The molecule has 2 aliphatic heterocycles. The number of nitrogens with one attached hydrogen (secondary N) is 1. The summed E-state index contributed by atoms with van der Waals surface area (Å²) in [6, 6.07) is 9.81. The maximum absolute atomic E-state index is 13.2. The van der Waals surface area contributed by atoms with Crippen molar-refractivity contribution in [2.24, 2.45) is 0 Å². The van der Waals surface area contributed by atoms with Gasteiger partial charge in [0.15, 0.2) is 0 Å². The molecule has 1 amide bonds. The van der Waals surface area contributed by atoms with Crippen LogP contribution < -0.4 is 5.32 Å². The summed E-state index contributed by atoms with van der Waals surface area (Å²) >= 11 is 6.00. The SMILES string of the molecule is O=C(C1CN(S(=O)(=O)c2ccc3cc(Cl)ccc3c2)CCN1)N1CCOCC1. The molecule has 2 aromatic carbocycles. The van der Waals surface area contributed by atoms with Crippen molar-refractivity contribution in [3.63, 3.8) is 0 Å². The Morgan fingerprint density at radius 3 is 2.57 bits per heavy atom. The Hall–Kier alpha value is -1.71. The first kappa shape index (κ1) is 19.6. The standard InChI is InChI=1S/C19H22ClN3O4S/c20-16-3-1-15-12-17(4-2-14(15)11-16)28(25,26)23-6-5-21-18(13-23)19(24)22-7-9-27-10-8-22/h1-4,11-12,18,21H,5-10,13H2. The Kier molecular flexibility index (Phi) is 5.57. The average molecular weight is 424 g/mol. The largest absolute Gasteiger partial charge is 0.378 e. The molecule has 1 unspecified atom stereocenters. The Bertz CT molecular complexity index is 992. The van der Waals surface area contributed by atoms with Crippen LogP contribution in [0.3, 0.4) is 0 Å². The smallest absolute Gasteiger partial charge is 0.243 e. The molecule has 0 radical (unpaired) electrons. The number of fused-ring (bicyclic) bond motifs is 1. The first-order chi connectivity index (χ1) is 13.4. The average Bonchev–Trinajstić information content (AvgIpc) is 2.73. The van der Waals surface area contributed by atoms with Crippen LogP contribution in [0.15, 0.2) is 41.3 Å². The molecule has 1 atom stereocenters. The van der Waals surface area contributed by atoms with Gasteiger partial charge in [-0.05, 0) is 35.0 Å². The van der Waals surface area contributed by atoms with Crippen molar-refractivity contribution in [1.82, 2.24) is 14.5 Å². The van der Waals surface area contributed by atoms with Crippen LogP contribution >= 0.6 is 11.6 Å². The van der Waals surface area contributed by atoms with Crippen LogP contribution in [0.2, 0.25) is 5.02 Å². The lowest BCUT2D eigenvalue weighted by Gasteiger charge is -2.36. The number of carbonyl (C=O) groups is 1. The molecular formula is C19H22ClN3O4S. The van der Waals surface area contributed by atoms with E-state index in [1.54, 1.807) is 41.3 Å². The number of benzene rings is 2. The van der Waals surface area contributed by atoms with Gasteiger partial charge < -0.3 is 15.0 Å². The van der Waals surface area contributed by atoms with E-state index in [0.29, 0.717) is 44.4 Å². The number of amides is 1. The third kappa shape index (κ3) is 3.88. The molecule has 2 heterocycles. The van der Waals surface area contributed by atoms with E-state index in [1.165, 1.54) is 4.31 Å². The maximum Gasteiger partial charge on any atom is 0.243 e. The van der Waals surface area contributed by atoms with Gasteiger partial charge in [0.25, 0.3) is 0 Å². The number of carbonyl (C=O) groups excluding carboxylic acids is 1. The zero-order chi connectivity index (χ0) is 19.7. The predicted molar refractivity (Wildman–Crippen MR) is 107 cm³/mol. The van der Waals surface area contributed by atoms with E-state index < -0.39 is 16.1 Å². The molecule has 2 aliphatic rings. The van der Waals surface area contributed by atoms with E-state index in [4.69, 9.17) is 16.3 Å². The zero-order valence-corrected chi connectivity index (χ0v) is 16.9. The summed E-state index contributed by atoms with van der Waals surface area (Å²) in [5.41, 5.74) is 0. The van der Waals surface area contributed by atoms with Crippen molar-refractivity contribution < 1.29 is 17.9 Å². The molecule has 4 rings (SSSR count). The second kappa shape index (κ2) is 7.96. The van der Waals surface area contributed by atoms with Crippen molar-refractivity contribution in [3.05, 3.63) is 41.4 Å². The molecule has 2 fully saturated rings. The maximum atomic E-state index is 13.2. The van der Waals surface area contributed by atoms with Gasteiger partial charge in [-0.3, -0.25) is 4.79 Å². The summed E-state index contributed by atoms with van der Waals surface area (Å²) < 4.78 is 33.0. The molecule has 0 bridgehead atoms. The number of morpholine rings is 1. The van der Waals surface area contributed by atoms with Gasteiger partial charge >= 0.3 is 0 Å². The van der Waals surface area contributed by atoms with Crippen LogP contribution in [0.5, 0.6) is 0 Å². The van der Waals surface area contributed by atoms with Gasteiger partial charge in [0, 0.05) is 37.7 Å². The lowest BCUT2D eigenvalue weighted by Crippen LogP contribution is -2.60. The molecule has 0 aromatic heterocycles. The quantitative estimate of drug-likeness (QED) is 0.805. The number of hydrogen-bond donors (Lipinski definition) is 1. The summed E-state index contributed by atoms with van der Waals surface area (Å²) in [7, 11) is -3.70. The van der Waals surface area contributed by atoms with E-state index in [9.17, 15) is 13.2 Å². The van der Waals surface area contributed by atoms with E-state index in [0.717, 1.165) is 10.8 Å². The number of sulfonamides is 1. The minimum atomic E-state index is -3.70. The summed E-state index contributed by atoms with van der Waals surface area (Å²) in [6.45, 7) is 2.99. The highest BCUT2D eigenvalue weighted by Gasteiger charge is 2.35. The number of rotatable bonds is 3. The van der Waals surface area contributed by atoms with Crippen LogP contribution in [0.1, 0.15) is 0 Å². The highest BCUT2D eigenvalue weighted by molar-refractivity contribution is 7.89. The number of nitrogens with zero attached hydrogens (tertiary/aromatic N) is 2. The fourth-order valence-corrected chi connectivity index (χ4v) is 5.29. The molecule has 2 saturated heterocycles. The molecule has 150 valence electrons. The van der Waals surface area contributed by atoms with Gasteiger partial charge in [0.1, 0.15) is 6.04 Å². The summed E-state index contributed by atoms with van der Waals surface area (Å²) in [4.78, 5) is 14.7. The van der Waals surface area contributed by atoms with E-state index in [-0.39, 0.29) is 17.3 Å². The number of ether oxygens (including phenoxy) is 1. The molecule has 28 heavy (non-hydrogen) atoms. The van der Waals surface area contributed by atoms with Crippen molar-refractivity contribution >= 4 is 38.3 Å². The van der Waals surface area contributed by atoms with Crippen molar-refractivity contribution in [3.8, 4) is 0 Å². The van der Waals surface area contributed by atoms with Crippen LogP contribution in [0.25, 0.3) is 10.8 Å². The monoisotopic (exact) mass is 423 g/mol. The Morgan fingerprint density at radius 1 is 1.07 bits per heavy atom. The van der Waals surface area contributed by atoms with E-state index in [2.05, 4.69) is 5.32 Å². The van der Waals surface area contributed by atoms with Crippen LogP contribution in [-0.4, -0.2) is 75.5 Å². The minimum Gasteiger partial charge on any atom is -0.378 e. The second-order valence-corrected chi connectivity index (χ2v) is 9.34. The predicted octanol–water partition coefficient (Wildman–Crippen LogP) is 1.31. The van der Waals surface area contributed by atoms with Gasteiger partial charge in [-0.2, -0.15) is 4.31 Å². The van der Waals surface area contributed by atoms with Gasteiger partial charge in [0.2, 0.25) is 15.9 Å². The lowest BCUT2D eigenvalue weighted by atomic mass is 10.1. The highest BCUT2D eigenvalue weighted by Crippen LogP contribution is 2.25. The van der Waals surface area contributed by atoms with Crippen molar-refractivity contribution in [1.29, 1.82) is 0 Å². The molecule has 7 nitrogen and oxygen atoms in total. The van der Waals surface area contributed by atoms with Crippen LogP contribution in [-0.2, 0) is 19.6 Å². The zero-order valence-electron chi connectivity index (χ0n) is 15.3. The molecule has 0 aliphatic carbocycles. The van der Waals surface area contributed by atoms with E-state index in [1.807, 2.05) is 0 Å². The number of halogens is 1. The topological polar surface area (TPSA) is 79.0 Å². The summed E-state index contributed by atoms with van der Waals surface area (Å²) in [6.07, 6.45) is 0. The van der Waals surface area contributed by atoms with Crippen LogP contribution in [0.4, 0.5) is 0 Å². The van der Waals surface area contributed by atoms with Crippen molar-refractivity contribution in [2.75, 3.05) is 45.9 Å². The first-order valence-electron chi connectivity index (χ1n) is 9.24. The fourth-order valence-electron chi connectivity index (χ4n) is 3.61. The highest BCUT2D eigenvalue weighted by atomic mass is 35.5. The number of hydrogen-bond acceptors (Lipinski definition) is 5. The Morgan fingerprint density at radius 2 is 1.79 bits per heavy atom. The van der Waals surface area contributed by atoms with Gasteiger partial charge in [-0.15, -0.1) is 0 Å². The molecule has 2 aromatic rings. The first-order valence-corrected chi connectivity index (χ1v) is 11.1. The Balaban J connectivity index is 1.55. The fraction of sp³-hybridized carbons (Fsp3) is 0.421. The number of piperazine rings is 1. The summed E-state index contributed by atoms with van der Waals surface area (Å²) in [5, 5.41) is 5.45. The molecular weight excluding hydrogens is 402 g/mol. The van der Waals surface area contributed by atoms with E-state index >= 15 is 0 Å². The molecule has 0 saturated carbocycles. The van der Waals surface area contributed by atoms with Gasteiger partial charge in [0.05, 0.1) is 18.1 Å². The van der Waals surface area contributed by atoms with Crippen molar-refractivity contribution in [2.45, 2.75) is 10.9 Å². The molecule has 1 N–H and O–H groups in total. The minimum absolute atomic E-state index is 0.0728. The normalized spacial score (nSPS) is 21.8. The molecule has 9 heteroatoms. The third-order valence-electron chi connectivity index (χ3n) is 5.17. The van der Waals surface area contributed by atoms with Gasteiger partial charge in [-0.1, -0.05) is 23.7 Å². The van der Waals surface area contributed by atoms with Gasteiger partial charge in [-0.25, -0.2) is 8.42 Å². The summed E-state index contributed by atoms with van der Waals surface area (Å²) in [5.74, 6) is -0.0728. The Labute approximate surface area is 169 Å². The molecule has 0 spiro atoms.